The maximum absolute atomic E-state index is 13.0. The van der Waals surface area contributed by atoms with Gasteiger partial charge in [0.25, 0.3) is 0 Å². The molecule has 0 unspecified atom stereocenters. The number of halogens is 17. The zero-order valence-electron chi connectivity index (χ0n) is 9.87. The number of alkyl halides is 14. The molecule has 148 valence electrons. The first-order valence-corrected chi connectivity index (χ1v) is 6.51. The molecular formula is C6F17P. The molecule has 0 atom stereocenters. The fraction of sp³-hybridized carbons (Fsp3) is 1.00. The van der Waals surface area contributed by atoms with Gasteiger partial charge in [-0.1, -0.05) is 0 Å². The molecule has 0 aromatic carbocycles. The summed E-state index contributed by atoms with van der Waals surface area (Å²) < 4.78 is 209. The van der Waals surface area contributed by atoms with Crippen LogP contribution in [0.15, 0.2) is 0 Å². The van der Waals surface area contributed by atoms with Gasteiger partial charge in [-0.2, -0.15) is 0 Å². The minimum absolute atomic E-state index is 8.42. The average Bonchev–Trinajstić information content (AvgIpc) is 2.19. The molecule has 0 saturated heterocycles. The Morgan fingerprint density at radius 2 is 0.458 bits per heavy atom. The fourth-order valence-corrected chi connectivity index (χ4v) is 3.44. The Bertz CT molecular complexity index is 407. The Hall–Kier alpha value is -0.760. The van der Waals surface area contributed by atoms with Crippen LogP contribution in [0.25, 0.3) is 0 Å². The molecule has 0 bridgehead atoms. The van der Waals surface area contributed by atoms with Crippen molar-refractivity contribution >= 4 is 7.54 Å². The SMILES string of the molecule is FC(F)(F)C(F)(C(F)(F)F)P(F)(F)(F)C(F)(C(F)(F)F)C(F)(F)F. The van der Waals surface area contributed by atoms with Gasteiger partial charge < -0.3 is 0 Å². The molecule has 0 aromatic rings. The predicted molar refractivity (Wildman–Crippen MR) is 42.1 cm³/mol. The normalized spacial score (nSPS) is 18.3. The second-order valence-corrected chi connectivity index (χ2v) is 6.90. The molecule has 0 fully saturated rings. The van der Waals surface area contributed by atoms with Gasteiger partial charge in [-0.05, 0) is 0 Å². The van der Waals surface area contributed by atoms with Gasteiger partial charge in [-0.3, -0.25) is 0 Å². The minimum atomic E-state index is -12.6. The molecule has 0 rings (SSSR count). The molecule has 0 aliphatic carbocycles. The third kappa shape index (κ3) is 2.48. The summed E-state index contributed by atoms with van der Waals surface area (Å²) in [5.74, 6) is 0. The number of rotatable bonds is 2. The van der Waals surface area contributed by atoms with E-state index < -0.39 is 43.1 Å². The van der Waals surface area contributed by atoms with Crippen molar-refractivity contribution < 1.29 is 74.1 Å². The van der Waals surface area contributed by atoms with Crippen molar-refractivity contribution in [1.82, 2.24) is 0 Å². The molecule has 0 N–H and O–H groups in total. The summed E-state index contributed by atoms with van der Waals surface area (Å²) in [6.07, 6.45) is -33.7. The van der Waals surface area contributed by atoms with Gasteiger partial charge >= 0.3 is 117 Å². The van der Waals surface area contributed by atoms with Crippen LogP contribution in [0.2, 0.25) is 0 Å². The van der Waals surface area contributed by atoms with Crippen molar-refractivity contribution in [3.05, 3.63) is 0 Å². The van der Waals surface area contributed by atoms with E-state index in [1.165, 1.54) is 0 Å². The van der Waals surface area contributed by atoms with E-state index in [0.29, 0.717) is 0 Å². The molecule has 0 saturated carbocycles. The first-order valence-electron chi connectivity index (χ1n) is 4.60. The van der Waals surface area contributed by atoms with Crippen LogP contribution in [0.3, 0.4) is 0 Å². The van der Waals surface area contributed by atoms with Crippen molar-refractivity contribution in [2.45, 2.75) is 35.5 Å². The standard InChI is InChI=1S/C6F17P/c7-1(3(9,10)11,4(12,13)14)24(21,22,23)2(8,5(15,16)17)6(18,19)20. The topological polar surface area (TPSA) is 0 Å². The van der Waals surface area contributed by atoms with E-state index in [-0.39, 0.29) is 0 Å². The van der Waals surface area contributed by atoms with Gasteiger partial charge in [0.05, 0.1) is 0 Å². The number of hydrogen-bond donors (Lipinski definition) is 0. The zero-order valence-corrected chi connectivity index (χ0v) is 10.8. The molecule has 0 amide bonds. The summed E-state index contributed by atoms with van der Waals surface area (Å²) in [6, 6.07) is 0. The van der Waals surface area contributed by atoms with Crippen LogP contribution in [-0.2, 0) is 0 Å². The molecule has 18 heteroatoms. The van der Waals surface area contributed by atoms with E-state index in [4.69, 9.17) is 0 Å². The first kappa shape index (κ1) is 23.2. The Morgan fingerprint density at radius 1 is 0.333 bits per heavy atom. The van der Waals surface area contributed by atoms with Crippen LogP contribution in [0, 0.1) is 0 Å². The van der Waals surface area contributed by atoms with Crippen LogP contribution >= 0.6 is 7.54 Å². The summed E-state index contributed by atoms with van der Waals surface area (Å²) in [4.78, 5) is 0. The molecule has 0 aliphatic heterocycles. The monoisotopic (exact) mass is 426 g/mol. The second-order valence-electron chi connectivity index (χ2n) is 4.05. The van der Waals surface area contributed by atoms with Crippen LogP contribution < -0.4 is 0 Å². The van der Waals surface area contributed by atoms with Crippen LogP contribution in [0.1, 0.15) is 0 Å². The van der Waals surface area contributed by atoms with Gasteiger partial charge in [-0.25, -0.2) is 0 Å². The van der Waals surface area contributed by atoms with E-state index in [0.717, 1.165) is 0 Å². The second kappa shape index (κ2) is 4.90. The summed E-state index contributed by atoms with van der Waals surface area (Å²) in [7, 11) is -12.6. The Kier molecular flexibility index (Phi) is 4.75. The first-order chi connectivity index (χ1) is 9.79. The molecule has 0 aliphatic rings. The third-order valence-corrected chi connectivity index (χ3v) is 5.54. The van der Waals surface area contributed by atoms with Gasteiger partial charge in [0.15, 0.2) is 0 Å². The molecule has 0 nitrogen and oxygen atoms in total. The van der Waals surface area contributed by atoms with Gasteiger partial charge in [0.1, 0.15) is 0 Å². The Balaban J connectivity index is 7.36. The van der Waals surface area contributed by atoms with Crippen molar-refractivity contribution in [2.75, 3.05) is 0 Å². The van der Waals surface area contributed by atoms with Gasteiger partial charge in [-0.15, -0.1) is 0 Å². The zero-order chi connectivity index (χ0) is 20.4. The van der Waals surface area contributed by atoms with Crippen molar-refractivity contribution in [1.29, 1.82) is 0 Å². The summed E-state index contributed by atoms with van der Waals surface area (Å²) in [5.41, 5.74) is 0. The third-order valence-electron chi connectivity index (χ3n) is 2.51. The summed E-state index contributed by atoms with van der Waals surface area (Å²) in [6.45, 7) is 0. The average molecular weight is 426 g/mol. The molecule has 0 heterocycles. The quantitative estimate of drug-likeness (QED) is 0.338. The van der Waals surface area contributed by atoms with E-state index in [2.05, 4.69) is 0 Å². The van der Waals surface area contributed by atoms with Crippen LogP contribution in [-0.4, -0.2) is 35.5 Å². The van der Waals surface area contributed by atoms with Gasteiger partial charge in [0, 0.05) is 0 Å². The number of hydrogen-bond acceptors (Lipinski definition) is 0. The molecule has 0 spiro atoms. The van der Waals surface area contributed by atoms with Gasteiger partial charge in [0.2, 0.25) is 0 Å². The van der Waals surface area contributed by atoms with Crippen molar-refractivity contribution in [3.8, 4) is 0 Å². The van der Waals surface area contributed by atoms with Crippen molar-refractivity contribution in [2.24, 2.45) is 0 Å². The molecule has 24 heavy (non-hydrogen) atoms. The van der Waals surface area contributed by atoms with E-state index >= 15 is 0 Å². The Labute approximate surface area is 118 Å². The predicted octanol–water partition coefficient (Wildman–Crippen LogP) is 6.77. The van der Waals surface area contributed by atoms with E-state index in [1.807, 2.05) is 0 Å². The van der Waals surface area contributed by atoms with Crippen LogP contribution in [0.5, 0.6) is 0 Å². The van der Waals surface area contributed by atoms with E-state index in [1.54, 1.807) is 0 Å². The van der Waals surface area contributed by atoms with Crippen molar-refractivity contribution in [3.63, 3.8) is 0 Å². The van der Waals surface area contributed by atoms with E-state index in [9.17, 15) is 74.1 Å². The van der Waals surface area contributed by atoms with Crippen LogP contribution in [0.4, 0.5) is 74.1 Å². The molecule has 0 aromatic heterocycles. The summed E-state index contributed by atoms with van der Waals surface area (Å²) in [5, 5.41) is -18.2. The summed E-state index contributed by atoms with van der Waals surface area (Å²) >= 11 is 0. The fourth-order valence-electron chi connectivity index (χ4n) is 1.36. The molecule has 0 radical (unpaired) electrons. The maximum atomic E-state index is 13.0. The molecular weight excluding hydrogens is 426 g/mol. The Morgan fingerprint density at radius 3 is 0.542 bits per heavy atom.